The molecule has 1 N–H and O–H groups in total. The summed E-state index contributed by atoms with van der Waals surface area (Å²) in [5.74, 6) is 1.84. The van der Waals surface area contributed by atoms with Gasteiger partial charge in [0.2, 0.25) is 6.79 Å². The zero-order chi connectivity index (χ0) is 28.0. The molecule has 0 fully saturated rings. The van der Waals surface area contributed by atoms with E-state index in [4.69, 9.17) is 9.47 Å². The van der Waals surface area contributed by atoms with Crippen LogP contribution in [0.1, 0.15) is 27.9 Å². The zero-order valence-electron chi connectivity index (χ0n) is 22.3. The normalized spacial score (nSPS) is 17.3. The summed E-state index contributed by atoms with van der Waals surface area (Å²) in [6, 6.07) is 32.5. The average molecular weight is 562 g/mol. The minimum absolute atomic E-state index is 0.174. The number of aromatic nitrogens is 2. The van der Waals surface area contributed by atoms with Gasteiger partial charge in [-0.25, -0.2) is 0 Å². The molecule has 2 aliphatic rings. The molecule has 41 heavy (non-hydrogen) atoms. The van der Waals surface area contributed by atoms with Crippen molar-refractivity contribution in [2.45, 2.75) is 23.7 Å². The van der Waals surface area contributed by atoms with Crippen LogP contribution in [0, 0.1) is 6.92 Å². The zero-order valence-corrected chi connectivity index (χ0v) is 23.1. The lowest BCUT2D eigenvalue weighted by molar-refractivity contribution is 0.174. The van der Waals surface area contributed by atoms with Crippen molar-refractivity contribution in [1.29, 1.82) is 0 Å². The molecule has 5 aromatic rings. The maximum absolute atomic E-state index is 14.1. The predicted octanol–water partition coefficient (Wildman–Crippen LogP) is 6.46. The van der Waals surface area contributed by atoms with E-state index >= 15 is 0 Å². The fourth-order valence-electron chi connectivity index (χ4n) is 5.56. The molecule has 1 unspecified atom stereocenters. The van der Waals surface area contributed by atoms with E-state index in [1.54, 1.807) is 24.3 Å². The molecule has 0 radical (unpaired) electrons. The van der Waals surface area contributed by atoms with Crippen molar-refractivity contribution < 1.29 is 17.9 Å². The van der Waals surface area contributed by atoms with Crippen molar-refractivity contribution in [1.82, 2.24) is 9.19 Å². The molecule has 0 saturated heterocycles. The Hall–Kier alpha value is -4.82. The van der Waals surface area contributed by atoms with E-state index in [1.165, 1.54) is 4.09 Å². The number of benzene rings is 4. The van der Waals surface area contributed by atoms with E-state index in [0.717, 1.165) is 27.9 Å². The minimum Gasteiger partial charge on any atom is -0.454 e. The smallest absolute Gasteiger partial charge is 0.283 e. The quantitative estimate of drug-likeness (QED) is 0.256. The molecule has 7 rings (SSSR count). The number of anilines is 2. The highest BCUT2D eigenvalue weighted by atomic mass is 32.2. The fraction of sp³-hybridized carbons (Fsp3) is 0.121. The number of ether oxygens (including phenoxy) is 2. The van der Waals surface area contributed by atoms with E-state index in [0.29, 0.717) is 29.4 Å². The number of hydrogen-bond donors (Lipinski definition) is 1. The fourth-order valence-corrected chi connectivity index (χ4v) is 6.89. The third-order valence-electron chi connectivity index (χ3n) is 7.73. The van der Waals surface area contributed by atoms with Crippen molar-refractivity contribution in [2.75, 3.05) is 12.1 Å². The van der Waals surface area contributed by atoms with Gasteiger partial charge in [0.15, 0.2) is 17.3 Å². The monoisotopic (exact) mass is 561 g/mol. The molecular formula is C33H27N3O4S. The lowest BCUT2D eigenvalue weighted by Crippen LogP contribution is -2.32. The lowest BCUT2D eigenvalue weighted by atomic mass is 9.68. The van der Waals surface area contributed by atoms with Gasteiger partial charge in [0, 0.05) is 23.1 Å². The first kappa shape index (κ1) is 25.2. The van der Waals surface area contributed by atoms with Crippen LogP contribution in [0.2, 0.25) is 0 Å². The maximum atomic E-state index is 14.1. The first-order valence-electron chi connectivity index (χ1n) is 13.4. The number of rotatable bonds is 6. The van der Waals surface area contributed by atoms with Crippen molar-refractivity contribution in [3.05, 3.63) is 137 Å². The summed E-state index contributed by atoms with van der Waals surface area (Å²) in [5, 5.41) is 8.03. The standard InChI is InChI=1S/C33H27N3O4S/c1-23-12-15-27(16-13-23)41(37,38)36-29-21-33(24-8-4-2-5-9-24,25-14-17-30-31(20-25)40-22-39-30)19-18-28(29)32(35-36)34-26-10-6-3-7-11-26/h2-20H,21-22H2,1H3,(H,34,35). The van der Waals surface area contributed by atoms with Gasteiger partial charge < -0.3 is 14.8 Å². The maximum Gasteiger partial charge on any atom is 0.283 e. The van der Waals surface area contributed by atoms with Crippen LogP contribution in [0.5, 0.6) is 11.5 Å². The third kappa shape index (κ3) is 4.28. The Kier molecular flexibility index (Phi) is 5.94. The number of allylic oxidation sites excluding steroid dienone is 1. The van der Waals surface area contributed by atoms with Gasteiger partial charge in [0.1, 0.15) is 0 Å². The number of nitrogens with one attached hydrogen (secondary N) is 1. The van der Waals surface area contributed by atoms with Gasteiger partial charge in [-0.1, -0.05) is 84.4 Å². The molecule has 1 aliphatic heterocycles. The highest BCUT2D eigenvalue weighted by Gasteiger charge is 2.40. The topological polar surface area (TPSA) is 82.5 Å². The number of hydrogen-bond acceptors (Lipinski definition) is 6. The average Bonchev–Trinajstić information content (AvgIpc) is 3.62. The van der Waals surface area contributed by atoms with E-state index < -0.39 is 15.4 Å². The Morgan fingerprint density at radius 2 is 1.54 bits per heavy atom. The number of aryl methyl sites for hydroxylation is 1. The summed E-state index contributed by atoms with van der Waals surface area (Å²) < 4.78 is 40.8. The largest absolute Gasteiger partial charge is 0.454 e. The highest BCUT2D eigenvalue weighted by Crippen LogP contribution is 2.46. The summed E-state index contributed by atoms with van der Waals surface area (Å²) >= 11 is 0. The van der Waals surface area contributed by atoms with E-state index in [1.807, 2.05) is 79.7 Å². The Bertz CT molecular complexity index is 1880. The summed E-state index contributed by atoms with van der Waals surface area (Å²) in [7, 11) is -4.01. The molecule has 0 saturated carbocycles. The van der Waals surface area contributed by atoms with Crippen LogP contribution in [0.4, 0.5) is 11.5 Å². The van der Waals surface area contributed by atoms with E-state index in [2.05, 4.69) is 28.6 Å². The second kappa shape index (κ2) is 9.67. The van der Waals surface area contributed by atoms with Crippen molar-refractivity contribution in [3.63, 3.8) is 0 Å². The predicted molar refractivity (Wildman–Crippen MR) is 158 cm³/mol. The first-order chi connectivity index (χ1) is 19.9. The molecule has 0 spiro atoms. The second-order valence-electron chi connectivity index (χ2n) is 10.3. The number of nitrogens with zero attached hydrogens (tertiary/aromatic N) is 2. The van der Waals surface area contributed by atoms with Gasteiger partial charge in [-0.05, 0) is 54.4 Å². The Balaban J connectivity index is 1.43. The van der Waals surface area contributed by atoms with E-state index in [9.17, 15) is 8.42 Å². The molecule has 0 bridgehead atoms. The van der Waals surface area contributed by atoms with Crippen LogP contribution in [-0.4, -0.2) is 24.4 Å². The van der Waals surface area contributed by atoms with Gasteiger partial charge in [0.05, 0.1) is 10.6 Å². The SMILES string of the molecule is Cc1ccc(S(=O)(=O)n2nc(Nc3ccccc3)c3c2CC(c2ccccc2)(c2ccc4c(c2)OCO4)C=C3)cc1. The molecule has 4 aromatic carbocycles. The third-order valence-corrected chi connectivity index (χ3v) is 9.35. The van der Waals surface area contributed by atoms with Gasteiger partial charge in [0.25, 0.3) is 10.0 Å². The van der Waals surface area contributed by atoms with Gasteiger partial charge in [-0.3, -0.25) is 0 Å². The van der Waals surface area contributed by atoms with Gasteiger partial charge >= 0.3 is 0 Å². The van der Waals surface area contributed by atoms with Gasteiger partial charge in [-0.2, -0.15) is 12.5 Å². The molecule has 7 nitrogen and oxygen atoms in total. The van der Waals surface area contributed by atoms with Crippen LogP contribution >= 0.6 is 0 Å². The molecule has 204 valence electrons. The second-order valence-corrected chi connectivity index (χ2v) is 12.0. The molecule has 1 atom stereocenters. The van der Waals surface area contributed by atoms with Crippen LogP contribution in [0.15, 0.2) is 114 Å². The van der Waals surface area contributed by atoms with E-state index in [-0.39, 0.29) is 11.7 Å². The lowest BCUT2D eigenvalue weighted by Gasteiger charge is -2.35. The van der Waals surface area contributed by atoms with Crippen molar-refractivity contribution >= 4 is 27.6 Å². The van der Waals surface area contributed by atoms with Crippen LogP contribution < -0.4 is 14.8 Å². The minimum atomic E-state index is -4.01. The van der Waals surface area contributed by atoms with Crippen molar-refractivity contribution in [3.8, 4) is 11.5 Å². The molecule has 1 aliphatic carbocycles. The molecule has 8 heteroatoms. The first-order valence-corrected chi connectivity index (χ1v) is 14.8. The number of para-hydroxylation sites is 1. The van der Waals surface area contributed by atoms with Gasteiger partial charge in [-0.15, -0.1) is 5.10 Å². The summed E-state index contributed by atoms with van der Waals surface area (Å²) in [5.41, 5.74) is 4.43. The Morgan fingerprint density at radius 3 is 2.29 bits per heavy atom. The Morgan fingerprint density at radius 1 is 0.829 bits per heavy atom. The molecular weight excluding hydrogens is 534 g/mol. The van der Waals surface area contributed by atoms with Crippen LogP contribution in [0.25, 0.3) is 6.08 Å². The van der Waals surface area contributed by atoms with Crippen LogP contribution in [0.3, 0.4) is 0 Å². The summed E-state index contributed by atoms with van der Waals surface area (Å²) in [4.78, 5) is 0.183. The number of fused-ring (bicyclic) bond motifs is 2. The summed E-state index contributed by atoms with van der Waals surface area (Å²) in [6.07, 6.45) is 4.48. The Labute approximate surface area is 238 Å². The molecule has 0 amide bonds. The van der Waals surface area contributed by atoms with Crippen LogP contribution in [-0.2, 0) is 21.9 Å². The molecule has 2 heterocycles. The highest BCUT2D eigenvalue weighted by molar-refractivity contribution is 7.89. The van der Waals surface area contributed by atoms with Crippen molar-refractivity contribution in [2.24, 2.45) is 0 Å². The molecule has 1 aromatic heterocycles. The summed E-state index contributed by atoms with van der Waals surface area (Å²) in [6.45, 7) is 2.10.